The number of carbonyl (C=O) groups is 1. The first-order chi connectivity index (χ1) is 15.6. The Hall–Kier alpha value is -3.11. The van der Waals surface area contributed by atoms with Crippen molar-refractivity contribution < 1.29 is 19.0 Å². The van der Waals surface area contributed by atoms with Crippen molar-refractivity contribution in [1.82, 2.24) is 0 Å². The lowest BCUT2D eigenvalue weighted by Crippen LogP contribution is -2.07. The van der Waals surface area contributed by atoms with Crippen LogP contribution >= 0.6 is 0 Å². The molecule has 0 aliphatic heterocycles. The van der Waals surface area contributed by atoms with Gasteiger partial charge in [-0.1, -0.05) is 62.2 Å². The number of hydrogen-bond acceptors (Lipinski definition) is 4. The van der Waals surface area contributed by atoms with E-state index in [1.165, 1.54) is 7.11 Å². The van der Waals surface area contributed by atoms with Crippen LogP contribution in [0.3, 0.4) is 0 Å². The summed E-state index contributed by atoms with van der Waals surface area (Å²) in [6, 6.07) is 21.9. The van der Waals surface area contributed by atoms with Gasteiger partial charge in [0.2, 0.25) is 0 Å². The van der Waals surface area contributed by atoms with Crippen LogP contribution in [0.2, 0.25) is 0 Å². The zero-order valence-corrected chi connectivity index (χ0v) is 19.4. The number of ether oxygens (including phenoxy) is 3. The number of aryl methyl sites for hydroxylation is 1. The fraction of sp³-hybridized carbons (Fsp3) is 0.321. The Bertz CT molecular complexity index is 1040. The third-order valence-corrected chi connectivity index (χ3v) is 5.66. The van der Waals surface area contributed by atoms with E-state index in [4.69, 9.17) is 14.2 Å². The molecule has 0 saturated carbocycles. The van der Waals surface area contributed by atoms with Gasteiger partial charge in [-0.3, -0.25) is 0 Å². The minimum absolute atomic E-state index is 0.0211. The Morgan fingerprint density at radius 2 is 1.75 bits per heavy atom. The van der Waals surface area contributed by atoms with Crippen LogP contribution in [0.1, 0.15) is 59.3 Å². The number of unbranched alkanes of at least 4 members (excludes halogenated alkanes) is 1. The molecular formula is C28H32O4. The molecule has 0 aromatic heterocycles. The van der Waals surface area contributed by atoms with Gasteiger partial charge in [0.05, 0.1) is 32.5 Å². The molecule has 0 N–H and O–H groups in total. The summed E-state index contributed by atoms with van der Waals surface area (Å²) in [4.78, 5) is 12.4. The summed E-state index contributed by atoms with van der Waals surface area (Å²) in [6.07, 6.45) is 3.11. The molecule has 0 radical (unpaired) electrons. The average Bonchev–Trinajstić information content (AvgIpc) is 2.84. The van der Waals surface area contributed by atoms with E-state index in [0.29, 0.717) is 12.2 Å². The minimum atomic E-state index is -0.340. The molecule has 0 aliphatic rings. The average molecular weight is 433 g/mol. The Morgan fingerprint density at radius 1 is 0.938 bits per heavy atom. The molecule has 4 nitrogen and oxygen atoms in total. The van der Waals surface area contributed by atoms with Crippen molar-refractivity contribution in [3.63, 3.8) is 0 Å². The Labute approximate surface area is 191 Å². The van der Waals surface area contributed by atoms with Crippen LogP contribution in [-0.2, 0) is 16.1 Å². The van der Waals surface area contributed by atoms with E-state index < -0.39 is 0 Å². The number of rotatable bonds is 10. The van der Waals surface area contributed by atoms with Crippen LogP contribution in [0.25, 0.3) is 11.1 Å². The molecule has 0 fully saturated rings. The van der Waals surface area contributed by atoms with Gasteiger partial charge in [-0.25, -0.2) is 4.79 Å². The topological polar surface area (TPSA) is 44.8 Å². The standard InChI is InChI=1S/C28H32O4/c1-5-6-14-27(22-11-9-12-23(18-22)30-3)32-19-21-15-16-25(28(29)31-4)26(17-21)24-13-8-7-10-20(24)2/h7-13,15-18,27H,5-6,14,19H2,1-4H3. The summed E-state index contributed by atoms with van der Waals surface area (Å²) in [5.74, 6) is 0.491. The molecule has 1 unspecified atom stereocenters. The van der Waals surface area contributed by atoms with E-state index in [9.17, 15) is 4.79 Å². The Kier molecular flexibility index (Phi) is 8.46. The summed E-state index contributed by atoms with van der Waals surface area (Å²) >= 11 is 0. The van der Waals surface area contributed by atoms with Crippen LogP contribution in [0, 0.1) is 6.92 Å². The van der Waals surface area contributed by atoms with Crippen LogP contribution in [0.4, 0.5) is 0 Å². The van der Waals surface area contributed by atoms with E-state index in [1.54, 1.807) is 7.11 Å². The predicted molar refractivity (Wildman–Crippen MR) is 128 cm³/mol. The highest BCUT2D eigenvalue weighted by molar-refractivity contribution is 5.97. The molecule has 0 bridgehead atoms. The smallest absolute Gasteiger partial charge is 0.338 e. The largest absolute Gasteiger partial charge is 0.497 e. The van der Waals surface area contributed by atoms with Crippen molar-refractivity contribution in [1.29, 1.82) is 0 Å². The van der Waals surface area contributed by atoms with Crippen molar-refractivity contribution in [2.45, 2.75) is 45.8 Å². The second kappa shape index (κ2) is 11.5. The second-order valence-electron chi connectivity index (χ2n) is 7.90. The minimum Gasteiger partial charge on any atom is -0.497 e. The van der Waals surface area contributed by atoms with Crippen molar-refractivity contribution in [3.8, 4) is 16.9 Å². The number of methoxy groups -OCH3 is 2. The summed E-state index contributed by atoms with van der Waals surface area (Å²) in [7, 11) is 3.09. The maximum atomic E-state index is 12.4. The van der Waals surface area contributed by atoms with Gasteiger partial charge in [-0.15, -0.1) is 0 Å². The number of hydrogen-bond donors (Lipinski definition) is 0. The lowest BCUT2D eigenvalue weighted by molar-refractivity contribution is 0.0323. The third-order valence-electron chi connectivity index (χ3n) is 5.66. The molecule has 0 aliphatic carbocycles. The van der Waals surface area contributed by atoms with E-state index >= 15 is 0 Å². The van der Waals surface area contributed by atoms with Crippen LogP contribution in [0.5, 0.6) is 5.75 Å². The van der Waals surface area contributed by atoms with Gasteiger partial charge < -0.3 is 14.2 Å². The highest BCUT2D eigenvalue weighted by atomic mass is 16.5. The molecule has 0 saturated heterocycles. The third kappa shape index (κ3) is 5.77. The SMILES string of the molecule is CCCCC(OCc1ccc(C(=O)OC)c(-c2ccccc2C)c1)c1cccc(OC)c1. The van der Waals surface area contributed by atoms with Gasteiger partial charge in [0.15, 0.2) is 0 Å². The van der Waals surface area contributed by atoms with E-state index in [1.807, 2.05) is 67.6 Å². The molecule has 168 valence electrons. The summed E-state index contributed by atoms with van der Waals surface area (Å²) in [6.45, 7) is 4.68. The van der Waals surface area contributed by atoms with Crippen LogP contribution in [-0.4, -0.2) is 20.2 Å². The van der Waals surface area contributed by atoms with Gasteiger partial charge in [-0.05, 0) is 65.4 Å². The molecule has 0 spiro atoms. The lowest BCUT2D eigenvalue weighted by atomic mass is 9.94. The lowest BCUT2D eigenvalue weighted by Gasteiger charge is -2.20. The van der Waals surface area contributed by atoms with Gasteiger partial charge in [0.25, 0.3) is 0 Å². The maximum Gasteiger partial charge on any atom is 0.338 e. The zero-order chi connectivity index (χ0) is 22.9. The molecule has 32 heavy (non-hydrogen) atoms. The monoisotopic (exact) mass is 432 g/mol. The molecule has 1 atom stereocenters. The van der Waals surface area contributed by atoms with E-state index in [0.717, 1.165) is 52.8 Å². The summed E-state index contributed by atoms with van der Waals surface area (Å²) in [5, 5.41) is 0. The first kappa shape index (κ1) is 23.6. The molecule has 3 aromatic rings. The first-order valence-electron chi connectivity index (χ1n) is 11.1. The molecule has 0 amide bonds. The number of carbonyl (C=O) groups excluding carboxylic acids is 1. The van der Waals surface area contributed by atoms with E-state index in [2.05, 4.69) is 13.0 Å². The quantitative estimate of drug-likeness (QED) is 0.327. The zero-order valence-electron chi connectivity index (χ0n) is 19.4. The number of esters is 1. The van der Waals surface area contributed by atoms with Crippen molar-refractivity contribution in [2.75, 3.05) is 14.2 Å². The molecule has 3 aromatic carbocycles. The summed E-state index contributed by atoms with van der Waals surface area (Å²) < 4.78 is 16.8. The van der Waals surface area contributed by atoms with Gasteiger partial charge in [-0.2, -0.15) is 0 Å². The van der Waals surface area contributed by atoms with E-state index in [-0.39, 0.29) is 12.1 Å². The van der Waals surface area contributed by atoms with Gasteiger partial charge in [0, 0.05) is 0 Å². The molecule has 4 heteroatoms. The Morgan fingerprint density at radius 3 is 2.47 bits per heavy atom. The van der Waals surface area contributed by atoms with Crippen molar-refractivity contribution in [2.24, 2.45) is 0 Å². The Balaban J connectivity index is 1.89. The van der Waals surface area contributed by atoms with Gasteiger partial charge >= 0.3 is 5.97 Å². The van der Waals surface area contributed by atoms with Crippen molar-refractivity contribution in [3.05, 3.63) is 89.0 Å². The van der Waals surface area contributed by atoms with Crippen LogP contribution in [0.15, 0.2) is 66.7 Å². The predicted octanol–water partition coefficient (Wildman–Crippen LogP) is 6.91. The highest BCUT2D eigenvalue weighted by Crippen LogP contribution is 2.31. The summed E-state index contributed by atoms with van der Waals surface area (Å²) in [5.41, 5.74) is 5.67. The van der Waals surface area contributed by atoms with Gasteiger partial charge in [0.1, 0.15) is 5.75 Å². The second-order valence-corrected chi connectivity index (χ2v) is 7.90. The number of benzene rings is 3. The fourth-order valence-electron chi connectivity index (χ4n) is 3.84. The molecule has 3 rings (SSSR count). The van der Waals surface area contributed by atoms with Crippen LogP contribution < -0.4 is 4.74 Å². The fourth-order valence-corrected chi connectivity index (χ4v) is 3.84. The van der Waals surface area contributed by atoms with Crippen molar-refractivity contribution >= 4 is 5.97 Å². The molecular weight excluding hydrogens is 400 g/mol. The maximum absolute atomic E-state index is 12.4. The normalized spacial score (nSPS) is 11.8. The highest BCUT2D eigenvalue weighted by Gasteiger charge is 2.17. The first-order valence-corrected chi connectivity index (χ1v) is 11.1. The molecule has 0 heterocycles.